The van der Waals surface area contributed by atoms with Gasteiger partial charge in [-0.25, -0.2) is 8.78 Å². The third kappa shape index (κ3) is 1.85. The van der Waals surface area contributed by atoms with Crippen LogP contribution in [0.4, 0.5) is 8.78 Å². The number of carboxylic acids is 1. The Morgan fingerprint density at radius 2 is 2.12 bits per heavy atom. The highest BCUT2D eigenvalue weighted by Gasteiger charge is 2.53. The number of benzene rings is 1. The number of rotatable bonds is 4. The number of alkyl halides is 2. The molecule has 1 fully saturated rings. The molecule has 3 nitrogen and oxygen atoms in total. The molecule has 1 aliphatic rings. The summed E-state index contributed by atoms with van der Waals surface area (Å²) < 4.78 is 30.0. The lowest BCUT2D eigenvalue weighted by Crippen LogP contribution is -2.20. The minimum atomic E-state index is -2.59. The van der Waals surface area contributed by atoms with Gasteiger partial charge in [-0.15, -0.1) is 0 Å². The SMILES string of the molecule is COc1cc(C(F)F)ccc1C1(C(=O)O)CC1. The van der Waals surface area contributed by atoms with Gasteiger partial charge >= 0.3 is 5.97 Å². The maximum Gasteiger partial charge on any atom is 0.314 e. The number of methoxy groups -OCH3 is 1. The van der Waals surface area contributed by atoms with Gasteiger partial charge in [0.05, 0.1) is 12.5 Å². The Kier molecular flexibility index (Phi) is 2.77. The molecule has 1 aromatic carbocycles. The second-order valence-electron chi connectivity index (χ2n) is 4.15. The van der Waals surface area contributed by atoms with Gasteiger partial charge in [-0.05, 0) is 18.9 Å². The van der Waals surface area contributed by atoms with Crippen LogP contribution >= 0.6 is 0 Å². The lowest BCUT2D eigenvalue weighted by molar-refractivity contribution is -0.140. The molecule has 92 valence electrons. The Morgan fingerprint density at radius 1 is 1.47 bits per heavy atom. The largest absolute Gasteiger partial charge is 0.496 e. The Hall–Kier alpha value is -1.65. The minimum absolute atomic E-state index is 0.160. The van der Waals surface area contributed by atoms with E-state index in [4.69, 9.17) is 9.84 Å². The highest BCUT2D eigenvalue weighted by Crippen LogP contribution is 2.51. The third-order valence-corrected chi connectivity index (χ3v) is 3.15. The Morgan fingerprint density at radius 3 is 2.53 bits per heavy atom. The first-order valence-electron chi connectivity index (χ1n) is 5.21. The van der Waals surface area contributed by atoms with Crippen LogP contribution in [0.5, 0.6) is 5.75 Å². The molecular weight excluding hydrogens is 230 g/mol. The highest BCUT2D eigenvalue weighted by molar-refractivity contribution is 5.86. The number of hydrogen-bond donors (Lipinski definition) is 1. The van der Waals surface area contributed by atoms with Gasteiger partial charge in [-0.2, -0.15) is 0 Å². The average molecular weight is 242 g/mol. The fraction of sp³-hybridized carbons (Fsp3) is 0.417. The van der Waals surface area contributed by atoms with Crippen LogP contribution in [0.3, 0.4) is 0 Å². The number of hydrogen-bond acceptors (Lipinski definition) is 2. The monoisotopic (exact) mass is 242 g/mol. The highest BCUT2D eigenvalue weighted by atomic mass is 19.3. The van der Waals surface area contributed by atoms with Crippen molar-refractivity contribution in [2.24, 2.45) is 0 Å². The molecule has 0 spiro atoms. The molecule has 0 amide bonds. The van der Waals surface area contributed by atoms with Gasteiger partial charge in [-0.1, -0.05) is 12.1 Å². The lowest BCUT2D eigenvalue weighted by Gasteiger charge is -2.15. The summed E-state index contributed by atoms with van der Waals surface area (Å²) in [4.78, 5) is 11.2. The van der Waals surface area contributed by atoms with Crippen LogP contribution in [0.2, 0.25) is 0 Å². The van der Waals surface area contributed by atoms with E-state index in [0.29, 0.717) is 18.4 Å². The van der Waals surface area contributed by atoms with Crippen LogP contribution in [-0.4, -0.2) is 18.2 Å². The molecule has 0 aliphatic heterocycles. The molecule has 17 heavy (non-hydrogen) atoms. The van der Waals surface area contributed by atoms with Gasteiger partial charge in [0, 0.05) is 11.1 Å². The van der Waals surface area contributed by atoms with Crippen molar-refractivity contribution in [3.8, 4) is 5.75 Å². The van der Waals surface area contributed by atoms with Crippen molar-refractivity contribution in [2.45, 2.75) is 24.7 Å². The van der Waals surface area contributed by atoms with Gasteiger partial charge in [0.2, 0.25) is 0 Å². The summed E-state index contributed by atoms with van der Waals surface area (Å²) >= 11 is 0. The smallest absolute Gasteiger partial charge is 0.314 e. The molecule has 0 aromatic heterocycles. The second-order valence-corrected chi connectivity index (χ2v) is 4.15. The van der Waals surface area contributed by atoms with Crippen LogP contribution in [0.15, 0.2) is 18.2 Å². The predicted molar refractivity (Wildman–Crippen MR) is 56.5 cm³/mol. The molecule has 5 heteroatoms. The van der Waals surface area contributed by atoms with Gasteiger partial charge in [0.1, 0.15) is 5.75 Å². The van der Waals surface area contributed by atoms with Crippen molar-refractivity contribution in [1.82, 2.24) is 0 Å². The fourth-order valence-electron chi connectivity index (χ4n) is 1.96. The average Bonchev–Trinajstić information content (AvgIpc) is 3.09. The zero-order chi connectivity index (χ0) is 12.6. The van der Waals surface area contributed by atoms with E-state index >= 15 is 0 Å². The molecule has 0 bridgehead atoms. The first kappa shape index (κ1) is 11.8. The topological polar surface area (TPSA) is 46.5 Å². The van der Waals surface area contributed by atoms with Crippen molar-refractivity contribution in [3.05, 3.63) is 29.3 Å². The zero-order valence-corrected chi connectivity index (χ0v) is 9.24. The Bertz CT molecular complexity index is 453. The second kappa shape index (κ2) is 3.98. The van der Waals surface area contributed by atoms with E-state index in [2.05, 4.69) is 0 Å². The van der Waals surface area contributed by atoms with Crippen LogP contribution in [-0.2, 0) is 10.2 Å². The first-order chi connectivity index (χ1) is 8.01. The maximum atomic E-state index is 12.5. The molecule has 1 saturated carbocycles. The van der Waals surface area contributed by atoms with Crippen LogP contribution in [0, 0.1) is 0 Å². The molecule has 1 aromatic rings. The van der Waals surface area contributed by atoms with E-state index < -0.39 is 17.8 Å². The van der Waals surface area contributed by atoms with E-state index in [-0.39, 0.29) is 11.3 Å². The van der Waals surface area contributed by atoms with Crippen molar-refractivity contribution in [3.63, 3.8) is 0 Å². The van der Waals surface area contributed by atoms with E-state index in [1.165, 1.54) is 25.3 Å². The normalized spacial score (nSPS) is 16.9. The van der Waals surface area contributed by atoms with Crippen molar-refractivity contribution in [2.75, 3.05) is 7.11 Å². The zero-order valence-electron chi connectivity index (χ0n) is 9.24. The van der Waals surface area contributed by atoms with Gasteiger partial charge in [0.25, 0.3) is 6.43 Å². The quantitative estimate of drug-likeness (QED) is 0.883. The molecule has 0 saturated heterocycles. The van der Waals surface area contributed by atoms with Crippen LogP contribution < -0.4 is 4.74 Å². The van der Waals surface area contributed by atoms with Gasteiger partial charge in [-0.3, -0.25) is 4.79 Å². The summed E-state index contributed by atoms with van der Waals surface area (Å²) in [6, 6.07) is 3.90. The minimum Gasteiger partial charge on any atom is -0.496 e. The number of carbonyl (C=O) groups is 1. The molecule has 0 heterocycles. The first-order valence-corrected chi connectivity index (χ1v) is 5.21. The molecule has 0 unspecified atom stereocenters. The van der Waals surface area contributed by atoms with E-state index in [0.717, 1.165) is 0 Å². The molecule has 0 radical (unpaired) electrons. The van der Waals surface area contributed by atoms with E-state index in [1.807, 2.05) is 0 Å². The molecule has 1 aliphatic carbocycles. The summed E-state index contributed by atoms with van der Waals surface area (Å²) in [5, 5.41) is 9.15. The summed E-state index contributed by atoms with van der Waals surface area (Å²) in [6.45, 7) is 0. The van der Waals surface area contributed by atoms with E-state index in [9.17, 15) is 13.6 Å². The summed E-state index contributed by atoms with van der Waals surface area (Å²) in [7, 11) is 1.35. The van der Waals surface area contributed by atoms with E-state index in [1.54, 1.807) is 0 Å². The predicted octanol–water partition coefficient (Wildman–Crippen LogP) is 2.75. The summed E-state index contributed by atoms with van der Waals surface area (Å²) in [5.74, 6) is -0.705. The number of carboxylic acid groups (broad SMARTS) is 1. The summed E-state index contributed by atoms with van der Waals surface area (Å²) in [6.07, 6.45) is -1.54. The Balaban J connectivity index is 2.45. The standard InChI is InChI=1S/C12H12F2O3/c1-17-9-6-7(10(13)14)2-3-8(9)12(4-5-12)11(15)16/h2-3,6,10H,4-5H2,1H3,(H,15,16). The lowest BCUT2D eigenvalue weighted by atomic mass is 9.94. The van der Waals surface area contributed by atoms with Crippen LogP contribution in [0.25, 0.3) is 0 Å². The fourth-order valence-corrected chi connectivity index (χ4v) is 1.96. The Labute approximate surface area is 97.0 Å². The number of ether oxygens (including phenoxy) is 1. The van der Waals surface area contributed by atoms with Crippen molar-refractivity contribution in [1.29, 1.82) is 0 Å². The third-order valence-electron chi connectivity index (χ3n) is 3.15. The molecule has 1 N–H and O–H groups in total. The number of halogens is 2. The summed E-state index contributed by atoms with van der Waals surface area (Å²) in [5.41, 5.74) is -0.616. The molecule has 0 atom stereocenters. The van der Waals surface area contributed by atoms with Gasteiger partial charge < -0.3 is 9.84 Å². The number of aliphatic carboxylic acids is 1. The maximum absolute atomic E-state index is 12.5. The molecule has 2 rings (SSSR count). The van der Waals surface area contributed by atoms with Crippen LogP contribution in [0.1, 0.15) is 30.4 Å². The molecular formula is C12H12F2O3. The van der Waals surface area contributed by atoms with Gasteiger partial charge in [0.15, 0.2) is 0 Å². The van der Waals surface area contributed by atoms with Crippen molar-refractivity contribution < 1.29 is 23.4 Å². The van der Waals surface area contributed by atoms with Crippen molar-refractivity contribution >= 4 is 5.97 Å².